The van der Waals surface area contributed by atoms with Gasteiger partial charge in [-0.2, -0.15) is 0 Å². The van der Waals surface area contributed by atoms with Gasteiger partial charge in [-0.1, -0.05) is 12.1 Å². The molecule has 1 atom stereocenters. The number of carbonyl (C=O) groups excluding carboxylic acids is 3. The van der Waals surface area contributed by atoms with Crippen LogP contribution in [0.25, 0.3) is 6.08 Å². The van der Waals surface area contributed by atoms with Gasteiger partial charge in [-0.3, -0.25) is 19.8 Å². The van der Waals surface area contributed by atoms with E-state index in [9.17, 15) is 19.2 Å². The zero-order valence-corrected chi connectivity index (χ0v) is 19.4. The van der Waals surface area contributed by atoms with Gasteiger partial charge in [-0.05, 0) is 61.9 Å². The topological polar surface area (TPSA) is 169 Å². The Morgan fingerprint density at radius 2 is 1.66 bits per heavy atom. The van der Waals surface area contributed by atoms with Crippen LogP contribution in [0.15, 0.2) is 54.1 Å². The second-order valence-corrected chi connectivity index (χ2v) is 7.53. The zero-order chi connectivity index (χ0) is 26.0. The van der Waals surface area contributed by atoms with Gasteiger partial charge in [0.2, 0.25) is 5.91 Å². The number of nitrogens with one attached hydrogen (secondary N) is 2. The van der Waals surface area contributed by atoms with Crippen molar-refractivity contribution in [2.45, 2.75) is 20.3 Å². The van der Waals surface area contributed by atoms with Crippen LogP contribution < -0.4 is 15.8 Å². The maximum atomic E-state index is 12.4. The summed E-state index contributed by atoms with van der Waals surface area (Å²) in [6.45, 7) is 3.11. The molecule has 0 aliphatic heterocycles. The molecule has 184 valence electrons. The predicted octanol–water partition coefficient (Wildman–Crippen LogP) is 2.36. The highest BCUT2D eigenvalue weighted by atomic mass is 16.5. The van der Waals surface area contributed by atoms with Gasteiger partial charge in [-0.25, -0.2) is 4.79 Å². The molecule has 2 aromatic rings. The molecule has 2 aromatic carbocycles. The Labute approximate surface area is 202 Å². The number of carbonyl (C=O) groups is 4. The van der Waals surface area contributed by atoms with Crippen molar-refractivity contribution in [3.8, 4) is 5.75 Å². The van der Waals surface area contributed by atoms with Gasteiger partial charge in [0, 0.05) is 17.7 Å². The molecule has 0 aromatic heterocycles. The number of esters is 2. The summed E-state index contributed by atoms with van der Waals surface area (Å²) in [5.74, 6) is -3.68. The molecule has 0 radical (unpaired) electrons. The van der Waals surface area contributed by atoms with Crippen LogP contribution in [0.2, 0.25) is 0 Å². The highest BCUT2D eigenvalue weighted by molar-refractivity contribution is 5.98. The van der Waals surface area contributed by atoms with Crippen LogP contribution in [0.3, 0.4) is 0 Å². The first-order valence-corrected chi connectivity index (χ1v) is 10.7. The van der Waals surface area contributed by atoms with E-state index in [2.05, 4.69) is 5.32 Å². The fourth-order valence-electron chi connectivity index (χ4n) is 2.96. The second-order valence-electron chi connectivity index (χ2n) is 7.53. The molecule has 0 aliphatic rings. The first kappa shape index (κ1) is 26.8. The number of amidine groups is 1. The highest BCUT2D eigenvalue weighted by Crippen LogP contribution is 2.16. The molecular weight excluding hydrogens is 454 g/mol. The van der Waals surface area contributed by atoms with Crippen LogP contribution in [-0.4, -0.2) is 47.9 Å². The van der Waals surface area contributed by atoms with Gasteiger partial charge >= 0.3 is 17.9 Å². The molecular formula is C25H27N3O7. The van der Waals surface area contributed by atoms with Crippen LogP contribution in [0.1, 0.15) is 41.8 Å². The lowest BCUT2D eigenvalue weighted by Gasteiger charge is -2.14. The van der Waals surface area contributed by atoms with Gasteiger partial charge in [0.15, 0.2) is 0 Å². The molecule has 0 aliphatic carbocycles. The molecule has 35 heavy (non-hydrogen) atoms. The number of ether oxygens (including phenoxy) is 2. The summed E-state index contributed by atoms with van der Waals surface area (Å²) in [4.78, 5) is 47.6. The van der Waals surface area contributed by atoms with Gasteiger partial charge in [0.05, 0.1) is 24.5 Å². The molecule has 0 spiro atoms. The van der Waals surface area contributed by atoms with Crippen molar-refractivity contribution >= 4 is 35.7 Å². The molecule has 1 amide bonds. The largest absolute Gasteiger partial charge is 0.481 e. The molecule has 0 heterocycles. The number of nitrogen functional groups attached to an aromatic ring is 1. The molecule has 10 heteroatoms. The van der Waals surface area contributed by atoms with E-state index in [1.54, 1.807) is 56.3 Å². The van der Waals surface area contributed by atoms with Gasteiger partial charge in [0.25, 0.3) is 0 Å². The average Bonchev–Trinajstić information content (AvgIpc) is 2.82. The SMILES string of the molecule is CCOC(=O)C(CNC(=O)C(C)=Cc1ccc(C(=O)Oc2ccc(C(=N)N)cc2)cc1)CC(=O)O. The first-order chi connectivity index (χ1) is 16.6. The number of benzene rings is 2. The average molecular weight is 482 g/mol. The normalized spacial score (nSPS) is 11.8. The Kier molecular flexibility index (Phi) is 9.71. The maximum Gasteiger partial charge on any atom is 0.343 e. The Hall–Kier alpha value is -4.47. The smallest absolute Gasteiger partial charge is 0.343 e. The number of carboxylic acids is 1. The summed E-state index contributed by atoms with van der Waals surface area (Å²) >= 11 is 0. The van der Waals surface area contributed by atoms with E-state index in [1.807, 2.05) is 0 Å². The minimum atomic E-state index is -1.17. The van der Waals surface area contributed by atoms with Crippen LogP contribution >= 0.6 is 0 Å². The van der Waals surface area contributed by atoms with Crippen LogP contribution in [0.4, 0.5) is 0 Å². The minimum absolute atomic E-state index is 0.0884. The van der Waals surface area contributed by atoms with Crippen LogP contribution in [0, 0.1) is 11.3 Å². The van der Waals surface area contributed by atoms with E-state index in [4.69, 9.17) is 25.7 Å². The summed E-state index contributed by atoms with van der Waals surface area (Å²) in [6.07, 6.45) is 1.13. The van der Waals surface area contributed by atoms with E-state index in [0.29, 0.717) is 28.0 Å². The van der Waals surface area contributed by atoms with Crippen molar-refractivity contribution in [3.05, 3.63) is 70.8 Å². The lowest BCUT2D eigenvalue weighted by atomic mass is 10.1. The van der Waals surface area contributed by atoms with Crippen molar-refractivity contribution < 1.29 is 33.8 Å². The van der Waals surface area contributed by atoms with Crippen molar-refractivity contribution in [1.29, 1.82) is 5.41 Å². The molecule has 0 saturated heterocycles. The summed E-state index contributed by atoms with van der Waals surface area (Å²) in [6, 6.07) is 12.6. The van der Waals surface area contributed by atoms with Crippen molar-refractivity contribution in [3.63, 3.8) is 0 Å². The Morgan fingerprint density at radius 3 is 2.20 bits per heavy atom. The van der Waals surface area contributed by atoms with Gasteiger partial charge < -0.3 is 25.6 Å². The quantitative estimate of drug-likeness (QED) is 0.125. The molecule has 2 rings (SSSR count). The Morgan fingerprint density at radius 1 is 1.06 bits per heavy atom. The number of rotatable bonds is 11. The number of nitrogens with two attached hydrogens (primary N) is 1. The Bertz CT molecular complexity index is 1120. The lowest BCUT2D eigenvalue weighted by Crippen LogP contribution is -2.35. The zero-order valence-electron chi connectivity index (χ0n) is 19.4. The number of hydrogen-bond acceptors (Lipinski definition) is 7. The predicted molar refractivity (Wildman–Crippen MR) is 128 cm³/mol. The summed E-state index contributed by atoms with van der Waals surface area (Å²) in [5.41, 5.74) is 7.18. The maximum absolute atomic E-state index is 12.4. The molecule has 1 unspecified atom stereocenters. The third kappa shape index (κ3) is 8.43. The van der Waals surface area contributed by atoms with Gasteiger partial charge in [0.1, 0.15) is 11.6 Å². The highest BCUT2D eigenvalue weighted by Gasteiger charge is 2.24. The fraction of sp³-hybridized carbons (Fsp3) is 0.240. The number of carboxylic acid groups (broad SMARTS) is 1. The molecule has 0 saturated carbocycles. The Balaban J connectivity index is 1.98. The van der Waals surface area contributed by atoms with Gasteiger partial charge in [-0.15, -0.1) is 0 Å². The van der Waals surface area contributed by atoms with Crippen LogP contribution in [-0.2, 0) is 19.1 Å². The minimum Gasteiger partial charge on any atom is -0.481 e. The molecule has 0 fully saturated rings. The molecule has 0 bridgehead atoms. The van der Waals surface area contributed by atoms with Crippen LogP contribution in [0.5, 0.6) is 5.75 Å². The second kappa shape index (κ2) is 12.7. The lowest BCUT2D eigenvalue weighted by molar-refractivity contribution is -0.152. The van der Waals surface area contributed by atoms with Crippen molar-refractivity contribution in [1.82, 2.24) is 5.32 Å². The summed E-state index contributed by atoms with van der Waals surface area (Å²) in [5, 5.41) is 18.9. The third-order valence-electron chi connectivity index (χ3n) is 4.81. The third-order valence-corrected chi connectivity index (χ3v) is 4.81. The fourth-order valence-corrected chi connectivity index (χ4v) is 2.96. The standard InChI is InChI=1S/C25H27N3O7/c1-3-34-24(32)19(13-21(29)30)14-28-23(31)15(2)12-16-4-6-18(7-5-16)25(33)35-20-10-8-17(9-11-20)22(26)27/h4-12,19H,3,13-14H2,1-2H3,(H3,26,27)(H,28,31)(H,29,30). The van der Waals surface area contributed by atoms with E-state index in [-0.39, 0.29) is 19.0 Å². The number of aliphatic carboxylic acids is 1. The number of hydrogen-bond donors (Lipinski definition) is 4. The van der Waals surface area contributed by atoms with E-state index in [0.717, 1.165) is 0 Å². The van der Waals surface area contributed by atoms with E-state index >= 15 is 0 Å². The van der Waals surface area contributed by atoms with E-state index < -0.39 is 36.2 Å². The summed E-state index contributed by atoms with van der Waals surface area (Å²) in [7, 11) is 0. The van der Waals surface area contributed by atoms with E-state index in [1.165, 1.54) is 12.1 Å². The molecule has 5 N–H and O–H groups in total. The first-order valence-electron chi connectivity index (χ1n) is 10.7. The monoisotopic (exact) mass is 481 g/mol. The molecule has 10 nitrogen and oxygen atoms in total. The van der Waals surface area contributed by atoms with Crippen molar-refractivity contribution in [2.75, 3.05) is 13.2 Å². The number of amides is 1. The van der Waals surface area contributed by atoms with Crippen molar-refractivity contribution in [2.24, 2.45) is 11.7 Å². The summed E-state index contributed by atoms with van der Waals surface area (Å²) < 4.78 is 10.2.